The van der Waals surface area contributed by atoms with Gasteiger partial charge in [0.05, 0.1) is 0 Å². The number of carbonyl (C=O) groups is 1. The summed E-state index contributed by atoms with van der Waals surface area (Å²) in [5, 5.41) is 3.86. The van der Waals surface area contributed by atoms with Gasteiger partial charge in [-0.3, -0.25) is 4.79 Å². The summed E-state index contributed by atoms with van der Waals surface area (Å²) in [7, 11) is 0. The maximum Gasteiger partial charge on any atom is 0.252 e. The molecule has 0 heterocycles. The van der Waals surface area contributed by atoms with Gasteiger partial charge in [-0.1, -0.05) is 48.0 Å². The van der Waals surface area contributed by atoms with E-state index >= 15 is 0 Å². The zero-order chi connectivity index (χ0) is 12.9. The first-order valence-corrected chi connectivity index (χ1v) is 7.15. The molecule has 0 saturated heterocycles. The fraction of sp³-hybridized carbons (Fsp3) is 0.500. The summed E-state index contributed by atoms with van der Waals surface area (Å²) in [6.45, 7) is 6.19. The zero-order valence-corrected chi connectivity index (χ0v) is 12.3. The fourth-order valence-corrected chi connectivity index (χ4v) is 2.14. The second-order valence-electron chi connectivity index (χ2n) is 4.51. The Kier molecular flexibility index (Phi) is 5.19. The van der Waals surface area contributed by atoms with E-state index in [0.29, 0.717) is 0 Å². The Morgan fingerprint density at radius 3 is 2.53 bits per heavy atom. The van der Waals surface area contributed by atoms with Crippen LogP contribution in [-0.2, 0) is 6.42 Å². The first-order chi connectivity index (χ1) is 8.06. The maximum absolute atomic E-state index is 12.2. The molecule has 0 aliphatic heterocycles. The van der Waals surface area contributed by atoms with Gasteiger partial charge in [0.25, 0.3) is 5.91 Å². The van der Waals surface area contributed by atoms with Crippen molar-refractivity contribution in [2.75, 3.05) is 5.33 Å². The lowest BCUT2D eigenvalue weighted by Crippen LogP contribution is -2.47. The Hall–Kier alpha value is -0.830. The number of benzene rings is 1. The number of nitrogens with one attached hydrogen (secondary N) is 1. The first kappa shape index (κ1) is 14.2. The first-order valence-electron chi connectivity index (χ1n) is 6.02. The number of hydrogen-bond acceptors (Lipinski definition) is 1. The molecule has 94 valence electrons. The van der Waals surface area contributed by atoms with Gasteiger partial charge < -0.3 is 5.32 Å². The monoisotopic (exact) mass is 297 g/mol. The topological polar surface area (TPSA) is 29.1 Å². The molecule has 1 atom stereocenters. The minimum atomic E-state index is -0.183. The molecule has 0 bridgehead atoms. The standard InChI is InChI=1S/C14H20BrNO/c1-4-11-8-6-7-9-12(11)13(17)16-14(3,5-2)10-15/h6-9H,4-5,10H2,1-3H3,(H,16,17). The third-order valence-electron chi connectivity index (χ3n) is 3.13. The van der Waals surface area contributed by atoms with Crippen LogP contribution in [0.1, 0.15) is 43.1 Å². The highest BCUT2D eigenvalue weighted by atomic mass is 79.9. The van der Waals surface area contributed by atoms with Crippen molar-refractivity contribution in [2.24, 2.45) is 0 Å². The van der Waals surface area contributed by atoms with Gasteiger partial charge in [-0.15, -0.1) is 0 Å². The molecule has 0 fully saturated rings. The van der Waals surface area contributed by atoms with Crippen molar-refractivity contribution < 1.29 is 4.79 Å². The molecule has 3 heteroatoms. The Morgan fingerprint density at radius 1 is 1.35 bits per heavy atom. The van der Waals surface area contributed by atoms with Crippen molar-refractivity contribution in [2.45, 2.75) is 39.2 Å². The van der Waals surface area contributed by atoms with Crippen LogP contribution in [0.25, 0.3) is 0 Å². The molecule has 1 unspecified atom stereocenters. The van der Waals surface area contributed by atoms with Crippen LogP contribution < -0.4 is 5.32 Å². The lowest BCUT2D eigenvalue weighted by molar-refractivity contribution is 0.0912. The number of halogens is 1. The van der Waals surface area contributed by atoms with Gasteiger partial charge in [0.15, 0.2) is 0 Å². The average molecular weight is 298 g/mol. The number of alkyl halides is 1. The van der Waals surface area contributed by atoms with Crippen molar-refractivity contribution in [1.29, 1.82) is 0 Å². The van der Waals surface area contributed by atoms with Gasteiger partial charge in [-0.25, -0.2) is 0 Å². The summed E-state index contributed by atoms with van der Waals surface area (Å²) in [5.41, 5.74) is 1.70. The highest BCUT2D eigenvalue weighted by molar-refractivity contribution is 9.09. The molecule has 0 saturated carbocycles. The molecule has 1 aromatic rings. The predicted molar refractivity (Wildman–Crippen MR) is 75.8 cm³/mol. The summed E-state index contributed by atoms with van der Waals surface area (Å²) in [6.07, 6.45) is 1.78. The van der Waals surface area contributed by atoms with E-state index in [0.717, 1.165) is 29.3 Å². The van der Waals surface area contributed by atoms with Crippen LogP contribution in [-0.4, -0.2) is 16.8 Å². The minimum Gasteiger partial charge on any atom is -0.346 e. The van der Waals surface area contributed by atoms with Gasteiger partial charge >= 0.3 is 0 Å². The summed E-state index contributed by atoms with van der Waals surface area (Å²) in [4.78, 5) is 12.2. The molecule has 1 amide bonds. The van der Waals surface area contributed by atoms with Crippen LogP contribution in [0, 0.1) is 0 Å². The number of hydrogen-bond donors (Lipinski definition) is 1. The second-order valence-corrected chi connectivity index (χ2v) is 5.07. The molecule has 1 N–H and O–H groups in total. The molecule has 0 radical (unpaired) electrons. The molecule has 2 nitrogen and oxygen atoms in total. The van der Waals surface area contributed by atoms with Crippen molar-refractivity contribution in [1.82, 2.24) is 5.32 Å². The Bertz CT molecular complexity index is 386. The van der Waals surface area contributed by atoms with E-state index in [1.54, 1.807) is 0 Å². The molecular weight excluding hydrogens is 278 g/mol. The summed E-state index contributed by atoms with van der Waals surface area (Å²) in [5.74, 6) is 0.0197. The second kappa shape index (κ2) is 6.20. The summed E-state index contributed by atoms with van der Waals surface area (Å²) < 4.78 is 0. The number of carbonyl (C=O) groups excluding carboxylic acids is 1. The van der Waals surface area contributed by atoms with Gasteiger partial charge in [0.1, 0.15) is 0 Å². The predicted octanol–water partition coefficient (Wildman–Crippen LogP) is 3.54. The Balaban J connectivity index is 2.90. The zero-order valence-electron chi connectivity index (χ0n) is 10.7. The lowest BCUT2D eigenvalue weighted by atomic mass is 9.99. The quantitative estimate of drug-likeness (QED) is 0.828. The Morgan fingerprint density at radius 2 is 2.00 bits per heavy atom. The summed E-state index contributed by atoms with van der Waals surface area (Å²) in [6, 6.07) is 7.77. The highest BCUT2D eigenvalue weighted by Gasteiger charge is 2.24. The van der Waals surface area contributed by atoms with Crippen molar-refractivity contribution in [3.05, 3.63) is 35.4 Å². The summed E-state index contributed by atoms with van der Waals surface area (Å²) >= 11 is 3.45. The van der Waals surface area contributed by atoms with Crippen molar-refractivity contribution in [3.8, 4) is 0 Å². The molecule has 1 aromatic carbocycles. The van der Waals surface area contributed by atoms with Crippen LogP contribution >= 0.6 is 15.9 Å². The third kappa shape index (κ3) is 3.56. The normalized spacial score (nSPS) is 14.1. The highest BCUT2D eigenvalue weighted by Crippen LogP contribution is 2.15. The molecule has 0 aliphatic rings. The van der Waals surface area contributed by atoms with Gasteiger partial charge in [-0.05, 0) is 31.4 Å². The molecular formula is C14H20BrNO. The van der Waals surface area contributed by atoms with Gasteiger partial charge in [0, 0.05) is 16.4 Å². The van der Waals surface area contributed by atoms with Crippen LogP contribution in [0.15, 0.2) is 24.3 Å². The number of aryl methyl sites for hydroxylation is 1. The average Bonchev–Trinajstić information content (AvgIpc) is 2.38. The third-order valence-corrected chi connectivity index (χ3v) is 4.37. The van der Waals surface area contributed by atoms with E-state index in [9.17, 15) is 4.79 Å². The van der Waals surface area contributed by atoms with E-state index in [4.69, 9.17) is 0 Å². The molecule has 0 spiro atoms. The van der Waals surface area contributed by atoms with E-state index < -0.39 is 0 Å². The largest absolute Gasteiger partial charge is 0.346 e. The van der Waals surface area contributed by atoms with E-state index in [1.807, 2.05) is 31.2 Å². The van der Waals surface area contributed by atoms with E-state index in [2.05, 4.69) is 35.1 Å². The maximum atomic E-state index is 12.2. The smallest absolute Gasteiger partial charge is 0.252 e. The van der Waals surface area contributed by atoms with Gasteiger partial charge in [0.2, 0.25) is 0 Å². The molecule has 17 heavy (non-hydrogen) atoms. The van der Waals surface area contributed by atoms with Gasteiger partial charge in [-0.2, -0.15) is 0 Å². The van der Waals surface area contributed by atoms with Crippen molar-refractivity contribution >= 4 is 21.8 Å². The van der Waals surface area contributed by atoms with Crippen LogP contribution in [0.3, 0.4) is 0 Å². The van der Waals surface area contributed by atoms with Crippen LogP contribution in [0.4, 0.5) is 0 Å². The van der Waals surface area contributed by atoms with Crippen LogP contribution in [0.5, 0.6) is 0 Å². The molecule has 0 aliphatic carbocycles. The van der Waals surface area contributed by atoms with E-state index in [1.165, 1.54) is 0 Å². The molecule has 1 rings (SSSR count). The van der Waals surface area contributed by atoms with E-state index in [-0.39, 0.29) is 11.4 Å². The molecule has 0 aromatic heterocycles. The minimum absolute atomic E-state index is 0.0197. The Labute approximate surface area is 112 Å². The SMILES string of the molecule is CCc1ccccc1C(=O)NC(C)(CC)CBr. The fourth-order valence-electron chi connectivity index (χ4n) is 1.61. The number of rotatable bonds is 5. The van der Waals surface area contributed by atoms with Crippen LogP contribution in [0.2, 0.25) is 0 Å². The lowest BCUT2D eigenvalue weighted by Gasteiger charge is -2.27. The van der Waals surface area contributed by atoms with Crippen molar-refractivity contribution in [3.63, 3.8) is 0 Å². The number of amides is 1.